The Morgan fingerprint density at radius 2 is 1.50 bits per heavy atom. The minimum atomic E-state index is -0.0311. The minimum Gasteiger partial charge on any atom is -0.368 e. The summed E-state index contributed by atoms with van der Waals surface area (Å²) in [5, 5.41) is 3.88. The van der Waals surface area contributed by atoms with Crippen molar-refractivity contribution in [3.63, 3.8) is 0 Å². The molecule has 0 saturated carbocycles. The second kappa shape index (κ2) is 10.5. The highest BCUT2D eigenvalue weighted by molar-refractivity contribution is 8.00. The lowest BCUT2D eigenvalue weighted by molar-refractivity contribution is -0.113. The average Bonchev–Trinajstić information content (AvgIpc) is 2.82. The van der Waals surface area contributed by atoms with Crippen LogP contribution in [0.15, 0.2) is 47.8 Å². The third kappa shape index (κ3) is 5.53. The number of piperazine rings is 1. The summed E-state index contributed by atoms with van der Waals surface area (Å²) in [4.78, 5) is 26.6. The molecule has 0 bridgehead atoms. The molecule has 1 aliphatic rings. The summed E-state index contributed by atoms with van der Waals surface area (Å²) in [6.07, 6.45) is 3.43. The van der Waals surface area contributed by atoms with Gasteiger partial charge >= 0.3 is 0 Å². The molecular weight excluding hydrogens is 442 g/mol. The second-order valence-corrected chi connectivity index (χ2v) is 10.0. The SMILES string of the molecule is Cc1cc(C)c(NC(=O)CSc2nccnc2N2CCN(c3cc(C)ccc3C)CC2)c(C)c1. The molecule has 4 rings (SSSR count). The molecule has 0 unspecified atom stereocenters. The molecule has 6 nitrogen and oxygen atoms in total. The van der Waals surface area contributed by atoms with Crippen LogP contribution in [0.3, 0.4) is 0 Å². The molecule has 1 fully saturated rings. The van der Waals surface area contributed by atoms with Crippen LogP contribution in [0.4, 0.5) is 17.2 Å². The van der Waals surface area contributed by atoms with Gasteiger partial charge in [-0.1, -0.05) is 41.6 Å². The van der Waals surface area contributed by atoms with Crippen molar-refractivity contribution in [2.45, 2.75) is 39.6 Å². The number of thioether (sulfide) groups is 1. The number of benzene rings is 2. The Hall–Kier alpha value is -3.06. The molecule has 1 amide bonds. The van der Waals surface area contributed by atoms with Crippen molar-refractivity contribution in [3.8, 4) is 0 Å². The molecule has 1 N–H and O–H groups in total. The molecule has 2 aromatic carbocycles. The fourth-order valence-corrected chi connectivity index (χ4v) is 5.33. The number of nitrogens with one attached hydrogen (secondary N) is 1. The lowest BCUT2D eigenvalue weighted by Crippen LogP contribution is -2.47. The quantitative estimate of drug-likeness (QED) is 0.502. The molecule has 3 aromatic rings. The van der Waals surface area contributed by atoms with Gasteiger partial charge in [-0.15, -0.1) is 0 Å². The highest BCUT2D eigenvalue weighted by Crippen LogP contribution is 2.29. The van der Waals surface area contributed by atoms with Gasteiger partial charge in [-0.3, -0.25) is 4.79 Å². The molecule has 0 atom stereocenters. The first-order valence-corrected chi connectivity index (χ1v) is 12.7. The molecule has 178 valence electrons. The molecular formula is C27H33N5OS. The monoisotopic (exact) mass is 475 g/mol. The number of carbonyl (C=O) groups excluding carboxylic acids is 1. The number of amides is 1. The van der Waals surface area contributed by atoms with Crippen molar-refractivity contribution in [1.82, 2.24) is 9.97 Å². The van der Waals surface area contributed by atoms with Crippen LogP contribution < -0.4 is 15.1 Å². The predicted molar refractivity (Wildman–Crippen MR) is 142 cm³/mol. The van der Waals surface area contributed by atoms with E-state index in [-0.39, 0.29) is 5.91 Å². The third-order valence-corrected chi connectivity index (χ3v) is 7.18. The van der Waals surface area contributed by atoms with Crippen molar-refractivity contribution in [2.24, 2.45) is 0 Å². The smallest absolute Gasteiger partial charge is 0.234 e. The number of aromatic nitrogens is 2. The number of aryl methyl sites for hydroxylation is 5. The maximum absolute atomic E-state index is 12.7. The number of nitrogens with zero attached hydrogens (tertiary/aromatic N) is 4. The van der Waals surface area contributed by atoms with Crippen molar-refractivity contribution in [3.05, 3.63) is 70.5 Å². The van der Waals surface area contributed by atoms with Crippen molar-refractivity contribution in [2.75, 3.05) is 47.0 Å². The fraction of sp³-hybridized carbons (Fsp3) is 0.370. The first-order chi connectivity index (χ1) is 16.3. The first-order valence-electron chi connectivity index (χ1n) is 11.7. The number of hydrogen-bond acceptors (Lipinski definition) is 6. The highest BCUT2D eigenvalue weighted by Gasteiger charge is 2.22. The molecule has 0 radical (unpaired) electrons. The lowest BCUT2D eigenvalue weighted by Gasteiger charge is -2.37. The van der Waals surface area contributed by atoms with Gasteiger partial charge in [-0.25, -0.2) is 9.97 Å². The van der Waals surface area contributed by atoms with Gasteiger partial charge in [0.1, 0.15) is 5.03 Å². The maximum Gasteiger partial charge on any atom is 0.234 e. The zero-order valence-electron chi connectivity index (χ0n) is 20.7. The van der Waals surface area contributed by atoms with Gasteiger partial charge in [0, 0.05) is 49.9 Å². The van der Waals surface area contributed by atoms with E-state index in [1.165, 1.54) is 34.1 Å². The van der Waals surface area contributed by atoms with E-state index in [1.807, 2.05) is 13.8 Å². The minimum absolute atomic E-state index is 0.0311. The Balaban J connectivity index is 1.39. The molecule has 2 heterocycles. The van der Waals surface area contributed by atoms with Crippen LogP contribution in [0.25, 0.3) is 0 Å². The molecule has 34 heavy (non-hydrogen) atoms. The normalized spacial score (nSPS) is 13.8. The van der Waals surface area contributed by atoms with Crippen LogP contribution >= 0.6 is 11.8 Å². The molecule has 1 aromatic heterocycles. The summed E-state index contributed by atoms with van der Waals surface area (Å²) in [6, 6.07) is 10.8. The topological polar surface area (TPSA) is 61.4 Å². The Labute approximate surface area is 206 Å². The van der Waals surface area contributed by atoms with E-state index in [1.54, 1.807) is 12.4 Å². The van der Waals surface area contributed by atoms with Gasteiger partial charge in [0.25, 0.3) is 0 Å². The fourth-order valence-electron chi connectivity index (χ4n) is 4.54. The summed E-state index contributed by atoms with van der Waals surface area (Å²) >= 11 is 1.44. The number of rotatable bonds is 6. The van der Waals surface area contributed by atoms with E-state index < -0.39 is 0 Å². The van der Waals surface area contributed by atoms with Crippen molar-refractivity contribution >= 4 is 34.9 Å². The van der Waals surface area contributed by atoms with E-state index in [2.05, 4.69) is 76.2 Å². The predicted octanol–water partition coefficient (Wildman–Crippen LogP) is 5.08. The Kier molecular flexibility index (Phi) is 7.41. The zero-order valence-corrected chi connectivity index (χ0v) is 21.5. The Morgan fingerprint density at radius 1 is 0.853 bits per heavy atom. The highest BCUT2D eigenvalue weighted by atomic mass is 32.2. The molecule has 0 aliphatic carbocycles. The first kappa shape index (κ1) is 24.1. The average molecular weight is 476 g/mol. The van der Waals surface area contributed by atoms with E-state index in [4.69, 9.17) is 0 Å². The number of anilines is 3. The van der Waals surface area contributed by atoms with Crippen LogP contribution in [-0.2, 0) is 4.79 Å². The van der Waals surface area contributed by atoms with Crippen LogP contribution in [-0.4, -0.2) is 47.8 Å². The molecule has 1 aliphatic heterocycles. The number of hydrogen-bond donors (Lipinski definition) is 1. The van der Waals surface area contributed by atoms with Crippen molar-refractivity contribution < 1.29 is 4.79 Å². The number of carbonyl (C=O) groups is 1. The van der Waals surface area contributed by atoms with Gasteiger partial charge < -0.3 is 15.1 Å². The van der Waals surface area contributed by atoms with Gasteiger partial charge in [0.05, 0.1) is 5.75 Å². The van der Waals surface area contributed by atoms with Crippen LogP contribution in [0.5, 0.6) is 0 Å². The summed E-state index contributed by atoms with van der Waals surface area (Å²) in [5.41, 5.74) is 8.16. The summed E-state index contributed by atoms with van der Waals surface area (Å²) in [5.74, 6) is 1.13. The van der Waals surface area contributed by atoms with E-state index in [9.17, 15) is 4.79 Å². The summed E-state index contributed by atoms with van der Waals surface area (Å²) in [6.45, 7) is 14.0. The Bertz CT molecular complexity index is 1160. The lowest BCUT2D eigenvalue weighted by atomic mass is 10.1. The molecule has 1 saturated heterocycles. The third-order valence-electron chi connectivity index (χ3n) is 6.21. The van der Waals surface area contributed by atoms with E-state index in [0.29, 0.717) is 5.75 Å². The van der Waals surface area contributed by atoms with Gasteiger partial charge in [0.2, 0.25) is 5.91 Å². The second-order valence-electron chi connectivity index (χ2n) is 9.06. The maximum atomic E-state index is 12.7. The summed E-state index contributed by atoms with van der Waals surface area (Å²) in [7, 11) is 0. The molecule has 0 spiro atoms. The zero-order chi connectivity index (χ0) is 24.2. The van der Waals surface area contributed by atoms with Crippen molar-refractivity contribution in [1.29, 1.82) is 0 Å². The van der Waals surface area contributed by atoms with E-state index >= 15 is 0 Å². The molecule has 7 heteroatoms. The van der Waals surface area contributed by atoms with Gasteiger partial charge in [0.15, 0.2) is 5.82 Å². The van der Waals surface area contributed by atoms with Gasteiger partial charge in [-0.05, 0) is 62.9 Å². The summed E-state index contributed by atoms with van der Waals surface area (Å²) < 4.78 is 0. The van der Waals surface area contributed by atoms with E-state index in [0.717, 1.165) is 53.8 Å². The Morgan fingerprint density at radius 3 is 2.21 bits per heavy atom. The van der Waals surface area contributed by atoms with Crippen LogP contribution in [0.2, 0.25) is 0 Å². The van der Waals surface area contributed by atoms with Crippen LogP contribution in [0, 0.1) is 34.6 Å². The standard InChI is InChI=1S/C27H33N5OS/c1-18-6-7-20(3)23(16-18)31-10-12-32(13-11-31)26-27(29-9-8-28-26)34-17-24(33)30-25-21(4)14-19(2)15-22(25)5/h6-9,14-16H,10-13,17H2,1-5H3,(H,30,33). The largest absolute Gasteiger partial charge is 0.368 e. The van der Waals surface area contributed by atoms with Crippen LogP contribution in [0.1, 0.15) is 27.8 Å². The van der Waals surface area contributed by atoms with Gasteiger partial charge in [-0.2, -0.15) is 0 Å².